The van der Waals surface area contributed by atoms with Crippen LogP contribution in [0.25, 0.3) is 0 Å². The van der Waals surface area contributed by atoms with Gasteiger partial charge in [0, 0.05) is 0 Å². The molecule has 0 aromatic heterocycles. The number of amides is 1. The molecule has 0 heterocycles. The van der Waals surface area contributed by atoms with E-state index in [1.54, 1.807) is 67.8 Å². The standard InChI is InChI=1S/C23H21BrN2O4/c1-29-20-14-16(13-19(24)21(20)30-2)15-25-26-22(27)23(28,17-9-5-3-6-10-17)18-11-7-4-8-12-18/h3-15,28H,1-2H3,(H,26,27)/b25-15-. The molecule has 2 N–H and O–H groups in total. The van der Waals surface area contributed by atoms with E-state index in [1.807, 2.05) is 12.1 Å². The van der Waals surface area contributed by atoms with Crippen molar-refractivity contribution >= 4 is 28.1 Å². The number of aliphatic hydroxyl groups is 1. The van der Waals surface area contributed by atoms with Crippen LogP contribution in [0.4, 0.5) is 0 Å². The van der Waals surface area contributed by atoms with Crippen molar-refractivity contribution in [1.82, 2.24) is 5.43 Å². The summed E-state index contributed by atoms with van der Waals surface area (Å²) < 4.78 is 11.3. The number of hydrogen-bond donors (Lipinski definition) is 2. The van der Waals surface area contributed by atoms with Gasteiger partial charge in [-0.05, 0) is 44.8 Å². The molecule has 0 bridgehead atoms. The Bertz CT molecular complexity index is 1000. The molecule has 30 heavy (non-hydrogen) atoms. The van der Waals surface area contributed by atoms with Gasteiger partial charge in [0.25, 0.3) is 5.91 Å². The van der Waals surface area contributed by atoms with E-state index in [2.05, 4.69) is 26.5 Å². The molecule has 0 fully saturated rings. The van der Waals surface area contributed by atoms with Crippen LogP contribution >= 0.6 is 15.9 Å². The minimum Gasteiger partial charge on any atom is -0.493 e. The largest absolute Gasteiger partial charge is 0.493 e. The highest BCUT2D eigenvalue weighted by molar-refractivity contribution is 9.10. The van der Waals surface area contributed by atoms with E-state index >= 15 is 0 Å². The molecule has 0 aliphatic rings. The summed E-state index contributed by atoms with van der Waals surface area (Å²) in [6.45, 7) is 0. The number of ether oxygens (including phenoxy) is 2. The summed E-state index contributed by atoms with van der Waals surface area (Å²) in [5, 5.41) is 15.4. The fraction of sp³-hybridized carbons (Fsp3) is 0.130. The summed E-state index contributed by atoms with van der Waals surface area (Å²) in [5.74, 6) is 0.404. The minimum atomic E-state index is -1.89. The molecule has 3 aromatic rings. The second kappa shape index (κ2) is 9.56. The lowest BCUT2D eigenvalue weighted by molar-refractivity contribution is -0.136. The molecule has 1 amide bonds. The fourth-order valence-electron chi connectivity index (χ4n) is 3.05. The maximum atomic E-state index is 13.0. The van der Waals surface area contributed by atoms with Gasteiger partial charge in [-0.3, -0.25) is 4.79 Å². The summed E-state index contributed by atoms with van der Waals surface area (Å²) in [5.41, 5.74) is 2.11. The highest BCUT2D eigenvalue weighted by atomic mass is 79.9. The second-order valence-electron chi connectivity index (χ2n) is 6.38. The van der Waals surface area contributed by atoms with Gasteiger partial charge in [0.1, 0.15) is 0 Å². The Balaban J connectivity index is 1.88. The number of rotatable bonds is 7. The molecule has 0 saturated carbocycles. The van der Waals surface area contributed by atoms with Crippen LogP contribution in [0.2, 0.25) is 0 Å². The van der Waals surface area contributed by atoms with Gasteiger partial charge in [-0.25, -0.2) is 5.43 Å². The normalized spacial score (nSPS) is 11.3. The highest BCUT2D eigenvalue weighted by Gasteiger charge is 2.39. The zero-order chi connectivity index (χ0) is 21.6. The zero-order valence-corrected chi connectivity index (χ0v) is 18.1. The van der Waals surface area contributed by atoms with Gasteiger partial charge in [0.2, 0.25) is 0 Å². The van der Waals surface area contributed by atoms with E-state index in [-0.39, 0.29) is 0 Å². The first kappa shape index (κ1) is 21.5. The first-order valence-corrected chi connectivity index (χ1v) is 9.88. The molecule has 7 heteroatoms. The zero-order valence-electron chi connectivity index (χ0n) is 16.5. The first-order valence-electron chi connectivity index (χ1n) is 9.09. The predicted octanol–water partition coefficient (Wildman–Crippen LogP) is 3.85. The van der Waals surface area contributed by atoms with E-state index in [9.17, 15) is 9.90 Å². The third kappa shape index (κ3) is 4.37. The fourth-order valence-corrected chi connectivity index (χ4v) is 3.67. The van der Waals surface area contributed by atoms with Gasteiger partial charge >= 0.3 is 0 Å². The molecule has 0 aliphatic carbocycles. The van der Waals surface area contributed by atoms with Gasteiger partial charge < -0.3 is 14.6 Å². The summed E-state index contributed by atoms with van der Waals surface area (Å²) >= 11 is 3.42. The maximum Gasteiger partial charge on any atom is 0.281 e. The van der Waals surface area contributed by atoms with Crippen molar-refractivity contribution in [2.75, 3.05) is 14.2 Å². The van der Waals surface area contributed by atoms with Crippen LogP contribution in [0.1, 0.15) is 16.7 Å². The van der Waals surface area contributed by atoms with Gasteiger partial charge in [-0.1, -0.05) is 60.7 Å². The smallest absolute Gasteiger partial charge is 0.281 e. The molecule has 0 spiro atoms. The number of carbonyl (C=O) groups excluding carboxylic acids is 1. The van der Waals surface area contributed by atoms with Crippen molar-refractivity contribution < 1.29 is 19.4 Å². The van der Waals surface area contributed by atoms with Crippen molar-refractivity contribution in [1.29, 1.82) is 0 Å². The first-order chi connectivity index (χ1) is 14.5. The monoisotopic (exact) mass is 468 g/mol. The van der Waals surface area contributed by atoms with Crippen molar-refractivity contribution in [3.05, 3.63) is 94.0 Å². The second-order valence-corrected chi connectivity index (χ2v) is 7.23. The van der Waals surface area contributed by atoms with Crippen LogP contribution in [-0.2, 0) is 10.4 Å². The quantitative estimate of drug-likeness (QED) is 0.407. The van der Waals surface area contributed by atoms with Crippen LogP contribution in [0.5, 0.6) is 11.5 Å². The Morgan fingerprint density at radius 1 is 1.00 bits per heavy atom. The van der Waals surface area contributed by atoms with Crippen LogP contribution in [0.3, 0.4) is 0 Å². The van der Waals surface area contributed by atoms with Gasteiger partial charge in [-0.2, -0.15) is 5.10 Å². The minimum absolute atomic E-state index is 0.442. The molecule has 0 aliphatic heterocycles. The number of nitrogens with one attached hydrogen (secondary N) is 1. The van der Waals surface area contributed by atoms with Crippen LogP contribution in [0.15, 0.2) is 82.4 Å². The maximum absolute atomic E-state index is 13.0. The number of hydrogen-bond acceptors (Lipinski definition) is 5. The molecule has 6 nitrogen and oxygen atoms in total. The third-order valence-corrected chi connectivity index (χ3v) is 5.14. The number of benzene rings is 3. The van der Waals surface area contributed by atoms with E-state index < -0.39 is 11.5 Å². The summed E-state index contributed by atoms with van der Waals surface area (Å²) in [4.78, 5) is 13.0. The van der Waals surface area contributed by atoms with Crippen molar-refractivity contribution in [3.63, 3.8) is 0 Å². The van der Waals surface area contributed by atoms with Crippen molar-refractivity contribution in [2.24, 2.45) is 5.10 Å². The molecule has 154 valence electrons. The topological polar surface area (TPSA) is 80.2 Å². The number of halogens is 1. The Kier molecular flexibility index (Phi) is 6.87. The summed E-state index contributed by atoms with van der Waals surface area (Å²) in [6, 6.07) is 21.0. The van der Waals surface area contributed by atoms with E-state index in [4.69, 9.17) is 9.47 Å². The molecule has 0 radical (unpaired) electrons. The summed E-state index contributed by atoms with van der Waals surface area (Å²) in [7, 11) is 3.08. The molecule has 0 atom stereocenters. The van der Waals surface area contributed by atoms with Crippen LogP contribution in [0, 0.1) is 0 Å². The number of methoxy groups -OCH3 is 2. The lowest BCUT2D eigenvalue weighted by atomic mass is 9.85. The lowest BCUT2D eigenvalue weighted by Crippen LogP contribution is -2.43. The van der Waals surface area contributed by atoms with Crippen molar-refractivity contribution in [2.45, 2.75) is 5.60 Å². The predicted molar refractivity (Wildman–Crippen MR) is 119 cm³/mol. The van der Waals surface area contributed by atoms with E-state index in [0.717, 1.165) is 0 Å². The average Bonchev–Trinajstić information content (AvgIpc) is 2.79. The van der Waals surface area contributed by atoms with Gasteiger partial charge in [0.15, 0.2) is 17.1 Å². The molecule has 0 unspecified atom stereocenters. The van der Waals surface area contributed by atoms with Crippen LogP contribution < -0.4 is 14.9 Å². The summed E-state index contributed by atoms with van der Waals surface area (Å²) in [6.07, 6.45) is 1.46. The van der Waals surface area contributed by atoms with E-state index in [0.29, 0.717) is 32.7 Å². The van der Waals surface area contributed by atoms with Crippen LogP contribution in [-0.4, -0.2) is 31.4 Å². The highest BCUT2D eigenvalue weighted by Crippen LogP contribution is 2.36. The molecule has 0 saturated heterocycles. The Hall–Kier alpha value is -3.16. The van der Waals surface area contributed by atoms with Gasteiger partial charge in [0.05, 0.1) is 24.9 Å². The Morgan fingerprint density at radius 2 is 1.57 bits per heavy atom. The van der Waals surface area contributed by atoms with Crippen molar-refractivity contribution in [3.8, 4) is 11.5 Å². The molecular weight excluding hydrogens is 448 g/mol. The lowest BCUT2D eigenvalue weighted by Gasteiger charge is -2.27. The SMILES string of the molecule is COc1cc(/C=N\NC(=O)C(O)(c2ccccc2)c2ccccc2)cc(Br)c1OC. The Labute approximate surface area is 183 Å². The molecule has 3 rings (SSSR count). The van der Waals surface area contributed by atoms with Gasteiger partial charge in [-0.15, -0.1) is 0 Å². The third-order valence-electron chi connectivity index (χ3n) is 4.55. The number of nitrogens with zero attached hydrogens (tertiary/aromatic N) is 1. The molecule has 3 aromatic carbocycles. The number of carbonyl (C=O) groups is 1. The van der Waals surface area contributed by atoms with E-state index in [1.165, 1.54) is 13.3 Å². The molecular formula is C23H21BrN2O4. The average molecular weight is 469 g/mol. The Morgan fingerprint density at radius 3 is 2.07 bits per heavy atom. The number of hydrazone groups is 1.